The average molecular weight is 570 g/mol. The summed E-state index contributed by atoms with van der Waals surface area (Å²) >= 11 is 3.50. The van der Waals surface area contributed by atoms with Gasteiger partial charge < -0.3 is 26.7 Å². The van der Waals surface area contributed by atoms with Crippen LogP contribution in [0.2, 0.25) is 0 Å². The number of nitrogens with two attached hydrogens (primary N) is 2. The number of fused-ring (bicyclic) bond motifs is 1. The van der Waals surface area contributed by atoms with Crippen molar-refractivity contribution in [3.8, 4) is 0 Å². The number of anilines is 1. The molecule has 1 unspecified atom stereocenters. The summed E-state index contributed by atoms with van der Waals surface area (Å²) in [4.78, 5) is 48.2. The van der Waals surface area contributed by atoms with Gasteiger partial charge in [-0.2, -0.15) is 9.36 Å². The number of amides is 2. The number of aliphatic carboxylic acids is 1. The number of nitrogen functional groups attached to an aromatic ring is 1. The fourth-order valence-electron chi connectivity index (χ4n) is 3.48. The van der Waals surface area contributed by atoms with Crippen molar-refractivity contribution in [2.75, 3.05) is 30.4 Å². The Labute approximate surface area is 222 Å². The maximum atomic E-state index is 13.0. The SMILES string of the molecule is CCON=C(C(=O)NC1C(=O)N2C(C(=O)O)=C(CSc3nnnn3CCCN)CS[C@H]12)c1nsc(N)n1. The van der Waals surface area contributed by atoms with Gasteiger partial charge in [0.25, 0.3) is 11.8 Å². The molecular formula is C18H23N11O5S3. The molecule has 1 fully saturated rings. The molecule has 4 rings (SSSR count). The highest BCUT2D eigenvalue weighted by atomic mass is 32.2. The average Bonchev–Trinajstić information content (AvgIpc) is 3.52. The Morgan fingerprint density at radius 1 is 1.41 bits per heavy atom. The van der Waals surface area contributed by atoms with E-state index in [0.717, 1.165) is 11.5 Å². The first-order valence-electron chi connectivity index (χ1n) is 10.9. The predicted molar refractivity (Wildman–Crippen MR) is 134 cm³/mol. The summed E-state index contributed by atoms with van der Waals surface area (Å²) in [5.74, 6) is -1.96. The van der Waals surface area contributed by atoms with E-state index in [1.165, 1.54) is 28.4 Å². The lowest BCUT2D eigenvalue weighted by molar-refractivity contribution is -0.150. The molecule has 16 nitrogen and oxygen atoms in total. The number of aromatic nitrogens is 6. The monoisotopic (exact) mass is 569 g/mol. The minimum atomic E-state index is -1.23. The Morgan fingerprint density at radius 2 is 2.22 bits per heavy atom. The zero-order valence-electron chi connectivity index (χ0n) is 19.4. The van der Waals surface area contributed by atoms with Crippen molar-refractivity contribution in [3.05, 3.63) is 17.1 Å². The zero-order valence-corrected chi connectivity index (χ0v) is 21.9. The first-order valence-corrected chi connectivity index (χ1v) is 13.8. The maximum absolute atomic E-state index is 13.0. The molecule has 1 saturated heterocycles. The fraction of sp³-hybridized carbons (Fsp3) is 0.500. The van der Waals surface area contributed by atoms with Gasteiger partial charge >= 0.3 is 5.97 Å². The van der Waals surface area contributed by atoms with Gasteiger partial charge in [0.05, 0.1) is 0 Å². The van der Waals surface area contributed by atoms with Crippen molar-refractivity contribution in [3.63, 3.8) is 0 Å². The number of aryl methyl sites for hydroxylation is 1. The van der Waals surface area contributed by atoms with Crippen molar-refractivity contribution in [1.82, 2.24) is 39.8 Å². The highest BCUT2D eigenvalue weighted by Crippen LogP contribution is 2.41. The van der Waals surface area contributed by atoms with Gasteiger partial charge in [-0.25, -0.2) is 9.48 Å². The van der Waals surface area contributed by atoms with Crippen LogP contribution < -0.4 is 16.8 Å². The van der Waals surface area contributed by atoms with E-state index in [2.05, 4.69) is 35.4 Å². The maximum Gasteiger partial charge on any atom is 0.352 e. The van der Waals surface area contributed by atoms with Crippen LogP contribution in [0, 0.1) is 0 Å². The molecule has 2 atom stereocenters. The van der Waals surface area contributed by atoms with E-state index in [9.17, 15) is 19.5 Å². The molecule has 0 aliphatic carbocycles. The van der Waals surface area contributed by atoms with Crippen LogP contribution in [0.4, 0.5) is 5.13 Å². The largest absolute Gasteiger partial charge is 0.477 e. The summed E-state index contributed by atoms with van der Waals surface area (Å²) in [5, 5.41) is 27.9. The number of rotatable bonds is 12. The van der Waals surface area contributed by atoms with Crippen LogP contribution in [0.15, 0.2) is 21.6 Å². The number of carbonyl (C=O) groups excluding carboxylic acids is 2. The number of hydrogen-bond donors (Lipinski definition) is 4. The fourth-order valence-corrected chi connectivity index (χ4v) is 6.30. The quantitative estimate of drug-likeness (QED) is 0.101. The van der Waals surface area contributed by atoms with Crippen LogP contribution in [0.25, 0.3) is 0 Å². The molecule has 2 aliphatic rings. The number of nitrogens with one attached hydrogen (secondary N) is 1. The Bertz CT molecular complexity index is 1250. The second-order valence-corrected chi connectivity index (χ2v) is 10.4. The molecule has 0 saturated carbocycles. The lowest BCUT2D eigenvalue weighted by Gasteiger charge is -2.49. The molecule has 0 bridgehead atoms. The van der Waals surface area contributed by atoms with E-state index in [0.29, 0.717) is 36.0 Å². The van der Waals surface area contributed by atoms with E-state index in [4.69, 9.17) is 16.3 Å². The summed E-state index contributed by atoms with van der Waals surface area (Å²) < 4.78 is 5.58. The third-order valence-corrected chi connectivity index (χ3v) is 8.06. The van der Waals surface area contributed by atoms with Crippen molar-refractivity contribution < 1.29 is 24.3 Å². The molecule has 0 radical (unpaired) electrons. The zero-order chi connectivity index (χ0) is 26.5. The van der Waals surface area contributed by atoms with Gasteiger partial charge in [-0.05, 0) is 35.9 Å². The van der Waals surface area contributed by atoms with Crippen LogP contribution >= 0.6 is 35.1 Å². The van der Waals surface area contributed by atoms with Crippen LogP contribution in [0.1, 0.15) is 19.2 Å². The highest BCUT2D eigenvalue weighted by molar-refractivity contribution is 8.01. The van der Waals surface area contributed by atoms with Gasteiger partial charge in [0.2, 0.25) is 16.7 Å². The number of carbonyl (C=O) groups is 3. The van der Waals surface area contributed by atoms with Crippen LogP contribution in [-0.4, -0.2) is 99.1 Å². The molecule has 4 heterocycles. The van der Waals surface area contributed by atoms with E-state index >= 15 is 0 Å². The van der Waals surface area contributed by atoms with Crippen LogP contribution in [0.3, 0.4) is 0 Å². The van der Waals surface area contributed by atoms with Gasteiger partial charge in [0, 0.05) is 29.6 Å². The number of oxime groups is 1. The van der Waals surface area contributed by atoms with E-state index in [1.54, 1.807) is 11.6 Å². The minimum Gasteiger partial charge on any atom is -0.477 e. The molecule has 2 aromatic heterocycles. The normalized spacial score (nSPS) is 19.5. The summed E-state index contributed by atoms with van der Waals surface area (Å²) in [5.41, 5.74) is 11.4. The number of nitrogens with zero attached hydrogens (tertiary/aromatic N) is 8. The topological polar surface area (TPSA) is 230 Å². The number of carboxylic acids is 1. The Balaban J connectivity index is 1.47. The number of thioether (sulfide) groups is 2. The first-order chi connectivity index (χ1) is 17.8. The highest BCUT2D eigenvalue weighted by Gasteiger charge is 2.54. The van der Waals surface area contributed by atoms with E-state index in [-0.39, 0.29) is 34.7 Å². The van der Waals surface area contributed by atoms with Gasteiger partial charge in [0.1, 0.15) is 23.7 Å². The first kappa shape index (κ1) is 26.8. The van der Waals surface area contributed by atoms with Crippen molar-refractivity contribution in [2.24, 2.45) is 10.9 Å². The minimum absolute atomic E-state index is 0.0346. The summed E-state index contributed by atoms with van der Waals surface area (Å²) in [7, 11) is 0. The molecule has 198 valence electrons. The van der Waals surface area contributed by atoms with Crippen molar-refractivity contribution in [1.29, 1.82) is 0 Å². The molecule has 37 heavy (non-hydrogen) atoms. The second kappa shape index (κ2) is 11.8. The molecular weight excluding hydrogens is 546 g/mol. The summed E-state index contributed by atoms with van der Waals surface area (Å²) in [6.07, 6.45) is 0.692. The van der Waals surface area contributed by atoms with Crippen molar-refractivity contribution >= 4 is 63.7 Å². The molecule has 2 amide bonds. The molecule has 0 spiro atoms. The van der Waals surface area contributed by atoms with Crippen LogP contribution in [0.5, 0.6) is 0 Å². The Kier molecular flexibility index (Phi) is 8.56. The molecule has 6 N–H and O–H groups in total. The lowest BCUT2D eigenvalue weighted by atomic mass is 10.0. The van der Waals surface area contributed by atoms with E-state index < -0.39 is 29.2 Å². The second-order valence-electron chi connectivity index (χ2n) is 7.55. The summed E-state index contributed by atoms with van der Waals surface area (Å²) in [6, 6.07) is -0.965. The Morgan fingerprint density at radius 3 is 2.89 bits per heavy atom. The van der Waals surface area contributed by atoms with Gasteiger partial charge in [-0.1, -0.05) is 16.9 Å². The van der Waals surface area contributed by atoms with Gasteiger partial charge in [-0.15, -0.1) is 16.9 Å². The number of carboxylic acid groups (broad SMARTS) is 1. The molecule has 2 aromatic rings. The number of hydrogen-bond acceptors (Lipinski definition) is 15. The van der Waals surface area contributed by atoms with Crippen LogP contribution in [-0.2, 0) is 25.8 Å². The third kappa shape index (κ3) is 5.68. The number of β-lactam (4-membered cyclic amide) rings is 1. The van der Waals surface area contributed by atoms with Gasteiger partial charge in [0.15, 0.2) is 5.13 Å². The summed E-state index contributed by atoms with van der Waals surface area (Å²) in [6.45, 7) is 2.90. The smallest absolute Gasteiger partial charge is 0.352 e. The Hall–Kier alpha value is -3.29. The molecule has 0 aromatic carbocycles. The molecule has 19 heteroatoms. The third-order valence-electron chi connectivity index (χ3n) is 5.14. The standard InChI is InChI=1S/C18H23N11O5S3/c1-2-34-24-9(12-22-17(20)37-25-12)13(30)21-10-14(31)29-11(16(32)33)8(6-35-15(10)29)7-36-18-23-26-27-28(18)5-3-4-19/h10,15H,2-7,19H2,1H3,(H,21,30)(H,32,33)(H2,20,22,25)/t10?,15-/m1/s1. The predicted octanol–water partition coefficient (Wildman–Crippen LogP) is -1.27. The van der Waals surface area contributed by atoms with E-state index in [1.807, 2.05) is 0 Å². The number of tetrazole rings is 1. The lowest BCUT2D eigenvalue weighted by Crippen LogP contribution is -2.71. The molecule has 2 aliphatic heterocycles. The van der Waals surface area contributed by atoms with Crippen molar-refractivity contribution in [2.45, 2.75) is 36.5 Å². The van der Waals surface area contributed by atoms with Gasteiger partial charge in [-0.3, -0.25) is 14.5 Å².